The van der Waals surface area contributed by atoms with Crippen LogP contribution in [0.25, 0.3) is 0 Å². The average Bonchev–Trinajstić information content (AvgIpc) is 2.70. The van der Waals surface area contributed by atoms with E-state index >= 15 is 0 Å². The first kappa shape index (κ1) is 11.8. The Kier molecular flexibility index (Phi) is 2.62. The maximum Gasteiger partial charge on any atom is 0.148 e. The fraction of sp³-hybridized carbons (Fsp3) is 0.800. The minimum atomic E-state index is 0.613. The third-order valence-electron chi connectivity index (χ3n) is 5.74. The van der Waals surface area contributed by atoms with Crippen molar-refractivity contribution in [2.75, 3.05) is 12.3 Å². The van der Waals surface area contributed by atoms with Crippen molar-refractivity contribution in [2.24, 2.45) is 29.4 Å². The molecule has 0 amide bonds. The van der Waals surface area contributed by atoms with E-state index in [1.165, 1.54) is 32.1 Å². The van der Waals surface area contributed by atoms with E-state index in [1.807, 2.05) is 0 Å². The molecule has 4 aliphatic carbocycles. The van der Waals surface area contributed by atoms with E-state index in [0.29, 0.717) is 18.4 Å². The van der Waals surface area contributed by atoms with Crippen LogP contribution in [-0.4, -0.2) is 16.3 Å². The molecule has 0 spiro atoms. The zero-order chi connectivity index (χ0) is 13.0. The lowest BCUT2D eigenvalue weighted by Gasteiger charge is -2.54. The topological polar surface area (TPSA) is 69.9 Å². The number of hydrogen-bond donors (Lipinski definition) is 2. The second-order valence-electron chi connectivity index (χ2n) is 6.98. The first-order chi connectivity index (χ1) is 9.24. The zero-order valence-corrected chi connectivity index (χ0v) is 11.5. The molecular weight excluding hydrogens is 236 g/mol. The Morgan fingerprint density at radius 1 is 1.11 bits per heavy atom. The Labute approximate surface area is 114 Å². The SMILES string of the molecule is NCCc1cn(C2C3CC4CC(C3)CC2C4)nc1N. The summed E-state index contributed by atoms with van der Waals surface area (Å²) in [4.78, 5) is 0. The molecule has 4 nitrogen and oxygen atoms in total. The third kappa shape index (κ3) is 1.80. The molecular formula is C15H24N4. The van der Waals surface area contributed by atoms with E-state index in [0.717, 1.165) is 35.7 Å². The average molecular weight is 260 g/mol. The molecule has 0 radical (unpaired) electrons. The van der Waals surface area contributed by atoms with E-state index in [9.17, 15) is 0 Å². The third-order valence-corrected chi connectivity index (χ3v) is 5.74. The fourth-order valence-corrected chi connectivity index (χ4v) is 5.27. The van der Waals surface area contributed by atoms with Gasteiger partial charge in [0.25, 0.3) is 0 Å². The molecule has 0 saturated heterocycles. The van der Waals surface area contributed by atoms with E-state index in [1.54, 1.807) is 0 Å². The van der Waals surface area contributed by atoms with E-state index in [2.05, 4.69) is 16.0 Å². The highest BCUT2D eigenvalue weighted by Crippen LogP contribution is 2.58. The molecule has 4 N–H and O–H groups in total. The summed E-state index contributed by atoms with van der Waals surface area (Å²) in [7, 11) is 0. The zero-order valence-electron chi connectivity index (χ0n) is 11.5. The Morgan fingerprint density at radius 3 is 2.32 bits per heavy atom. The van der Waals surface area contributed by atoms with Crippen molar-refractivity contribution in [3.63, 3.8) is 0 Å². The van der Waals surface area contributed by atoms with Crippen LogP contribution in [0.5, 0.6) is 0 Å². The summed E-state index contributed by atoms with van der Waals surface area (Å²) in [6.07, 6.45) is 10.2. The number of anilines is 1. The Bertz CT molecular complexity index is 450. The molecule has 4 saturated carbocycles. The standard InChI is InChI=1S/C15H24N4/c16-2-1-11-8-19(18-15(11)17)14-12-4-9-3-10(6-12)7-13(14)5-9/h8-10,12-14H,1-7,16H2,(H2,17,18). The smallest absolute Gasteiger partial charge is 0.148 e. The van der Waals surface area contributed by atoms with Crippen molar-refractivity contribution in [1.82, 2.24) is 9.78 Å². The lowest BCUT2D eigenvalue weighted by Crippen LogP contribution is -2.46. The highest BCUT2D eigenvalue weighted by molar-refractivity contribution is 5.37. The molecule has 0 unspecified atom stereocenters. The molecule has 1 aromatic rings. The summed E-state index contributed by atoms with van der Waals surface area (Å²) in [5.74, 6) is 4.41. The van der Waals surface area contributed by atoms with Crippen molar-refractivity contribution < 1.29 is 0 Å². The largest absolute Gasteiger partial charge is 0.382 e. The summed E-state index contributed by atoms with van der Waals surface area (Å²) < 4.78 is 2.20. The molecule has 4 heteroatoms. The van der Waals surface area contributed by atoms with Gasteiger partial charge in [-0.3, -0.25) is 4.68 Å². The van der Waals surface area contributed by atoms with Crippen molar-refractivity contribution in [1.29, 1.82) is 0 Å². The van der Waals surface area contributed by atoms with Crippen LogP contribution in [0.2, 0.25) is 0 Å². The Balaban J connectivity index is 1.63. The summed E-state index contributed by atoms with van der Waals surface area (Å²) in [6.45, 7) is 0.650. The number of nitrogen functional groups attached to an aromatic ring is 1. The van der Waals surface area contributed by atoms with Crippen LogP contribution in [0.1, 0.15) is 43.7 Å². The van der Waals surface area contributed by atoms with Crippen LogP contribution >= 0.6 is 0 Å². The highest BCUT2D eigenvalue weighted by atomic mass is 15.3. The molecule has 0 aliphatic heterocycles. The van der Waals surface area contributed by atoms with Gasteiger partial charge in [0.1, 0.15) is 5.82 Å². The minimum Gasteiger partial charge on any atom is -0.382 e. The number of aromatic nitrogens is 2. The molecule has 4 fully saturated rings. The lowest BCUT2D eigenvalue weighted by atomic mass is 9.54. The van der Waals surface area contributed by atoms with Crippen LogP contribution in [0, 0.1) is 23.7 Å². The molecule has 0 aromatic carbocycles. The van der Waals surface area contributed by atoms with Crippen molar-refractivity contribution >= 4 is 5.82 Å². The van der Waals surface area contributed by atoms with E-state index < -0.39 is 0 Å². The van der Waals surface area contributed by atoms with Gasteiger partial charge < -0.3 is 11.5 Å². The maximum absolute atomic E-state index is 6.03. The van der Waals surface area contributed by atoms with Gasteiger partial charge in [-0.15, -0.1) is 0 Å². The van der Waals surface area contributed by atoms with Crippen molar-refractivity contribution in [2.45, 2.75) is 44.6 Å². The highest BCUT2D eigenvalue weighted by Gasteiger charge is 2.49. The monoisotopic (exact) mass is 260 g/mol. The Morgan fingerprint density at radius 2 is 1.74 bits per heavy atom. The summed E-state index contributed by atoms with van der Waals surface area (Å²) in [5, 5.41) is 4.61. The first-order valence-electron chi connectivity index (χ1n) is 7.78. The Hall–Kier alpha value is -1.03. The minimum absolute atomic E-state index is 0.613. The van der Waals surface area contributed by atoms with Crippen LogP contribution in [0.15, 0.2) is 6.20 Å². The normalized spacial score (nSPS) is 39.9. The molecule has 5 rings (SSSR count). The van der Waals surface area contributed by atoms with E-state index in [4.69, 9.17) is 11.5 Å². The first-order valence-corrected chi connectivity index (χ1v) is 7.78. The number of rotatable bonds is 3. The van der Waals surface area contributed by atoms with Gasteiger partial charge in [-0.05, 0) is 68.7 Å². The molecule has 4 aliphatic rings. The van der Waals surface area contributed by atoms with Crippen molar-refractivity contribution in [3.8, 4) is 0 Å². The predicted molar refractivity (Wildman–Crippen MR) is 75.5 cm³/mol. The molecule has 104 valence electrons. The van der Waals surface area contributed by atoms with Gasteiger partial charge >= 0.3 is 0 Å². The quantitative estimate of drug-likeness (QED) is 0.873. The van der Waals surface area contributed by atoms with Crippen LogP contribution in [-0.2, 0) is 6.42 Å². The molecule has 1 aromatic heterocycles. The second kappa shape index (κ2) is 4.23. The number of nitrogens with zero attached hydrogens (tertiary/aromatic N) is 2. The molecule has 0 atom stereocenters. The second-order valence-corrected chi connectivity index (χ2v) is 6.98. The van der Waals surface area contributed by atoms with Gasteiger partial charge in [-0.25, -0.2) is 0 Å². The van der Waals surface area contributed by atoms with Gasteiger partial charge in [-0.2, -0.15) is 5.10 Å². The van der Waals surface area contributed by atoms with Crippen LogP contribution < -0.4 is 11.5 Å². The van der Waals surface area contributed by atoms with Gasteiger partial charge in [0.2, 0.25) is 0 Å². The van der Waals surface area contributed by atoms with Gasteiger partial charge in [-0.1, -0.05) is 0 Å². The van der Waals surface area contributed by atoms with Gasteiger partial charge in [0.05, 0.1) is 6.04 Å². The number of hydrogen-bond acceptors (Lipinski definition) is 3. The molecule has 1 heterocycles. The molecule has 4 bridgehead atoms. The fourth-order valence-electron chi connectivity index (χ4n) is 5.27. The summed E-state index contributed by atoms with van der Waals surface area (Å²) in [5.41, 5.74) is 12.8. The maximum atomic E-state index is 6.03. The summed E-state index contributed by atoms with van der Waals surface area (Å²) >= 11 is 0. The summed E-state index contributed by atoms with van der Waals surface area (Å²) in [6, 6.07) is 0.613. The van der Waals surface area contributed by atoms with Gasteiger partial charge in [0, 0.05) is 11.8 Å². The van der Waals surface area contributed by atoms with Gasteiger partial charge in [0.15, 0.2) is 0 Å². The predicted octanol–water partition coefficient (Wildman–Crippen LogP) is 1.96. The lowest BCUT2D eigenvalue weighted by molar-refractivity contribution is -0.0335. The van der Waals surface area contributed by atoms with Crippen LogP contribution in [0.4, 0.5) is 5.82 Å². The van der Waals surface area contributed by atoms with Crippen molar-refractivity contribution in [3.05, 3.63) is 11.8 Å². The molecule has 19 heavy (non-hydrogen) atoms. The van der Waals surface area contributed by atoms with Crippen LogP contribution in [0.3, 0.4) is 0 Å². The number of nitrogens with two attached hydrogens (primary N) is 2. The van der Waals surface area contributed by atoms with E-state index in [-0.39, 0.29) is 0 Å².